The maximum atomic E-state index is 13.6. The van der Waals surface area contributed by atoms with Crippen molar-refractivity contribution in [2.75, 3.05) is 16.8 Å². The van der Waals surface area contributed by atoms with Gasteiger partial charge in [0.15, 0.2) is 5.13 Å². The molecule has 3 heterocycles. The molecule has 0 aliphatic carbocycles. The molecule has 0 bridgehead atoms. The van der Waals surface area contributed by atoms with Crippen molar-refractivity contribution >= 4 is 45.3 Å². The second-order valence-corrected chi connectivity index (χ2v) is 9.65. The van der Waals surface area contributed by atoms with Gasteiger partial charge in [0.1, 0.15) is 5.82 Å². The van der Waals surface area contributed by atoms with Crippen LogP contribution >= 0.6 is 22.7 Å². The molecule has 2 aromatic carbocycles. The number of carbonyl (C=O) groups excluding carboxylic acids is 2. The van der Waals surface area contributed by atoms with Gasteiger partial charge in [-0.3, -0.25) is 9.59 Å². The number of amides is 2. The van der Waals surface area contributed by atoms with Crippen LogP contribution in [0.5, 0.6) is 0 Å². The highest BCUT2D eigenvalue weighted by Gasteiger charge is 2.24. The van der Waals surface area contributed by atoms with Gasteiger partial charge in [0, 0.05) is 33.6 Å². The number of thiazole rings is 1. The second-order valence-electron chi connectivity index (χ2n) is 7.76. The summed E-state index contributed by atoms with van der Waals surface area (Å²) in [4.78, 5) is 32.6. The van der Waals surface area contributed by atoms with E-state index < -0.39 is 5.82 Å². The topological polar surface area (TPSA) is 62.3 Å². The van der Waals surface area contributed by atoms with E-state index in [1.807, 2.05) is 41.1 Å². The van der Waals surface area contributed by atoms with Crippen LogP contribution in [0.25, 0.3) is 11.3 Å². The first kappa shape index (κ1) is 21.5. The van der Waals surface area contributed by atoms with E-state index in [-0.39, 0.29) is 11.8 Å². The molecule has 0 saturated carbocycles. The van der Waals surface area contributed by atoms with Gasteiger partial charge in [-0.05, 0) is 60.2 Å². The Labute approximate surface area is 198 Å². The lowest BCUT2D eigenvalue weighted by Crippen LogP contribution is -2.35. The SMILES string of the molecule is O=C(Cc1cccs1)Nc1nc(-c2ccc3c(c2)CCCN3C(=O)c2cccc(F)c2)cs1. The minimum absolute atomic E-state index is 0.0877. The summed E-state index contributed by atoms with van der Waals surface area (Å²) in [6, 6.07) is 15.6. The average molecular weight is 478 g/mol. The highest BCUT2D eigenvalue weighted by molar-refractivity contribution is 7.14. The third kappa shape index (κ3) is 4.72. The fraction of sp³-hybridized carbons (Fsp3) is 0.160. The lowest BCUT2D eigenvalue weighted by Gasteiger charge is -2.30. The molecular formula is C25H20FN3O2S2. The van der Waals surface area contributed by atoms with Crippen molar-refractivity contribution in [2.24, 2.45) is 0 Å². The third-order valence-corrected chi connectivity index (χ3v) is 7.11. The van der Waals surface area contributed by atoms with E-state index in [2.05, 4.69) is 10.3 Å². The van der Waals surface area contributed by atoms with E-state index in [1.165, 1.54) is 23.5 Å². The third-order valence-electron chi connectivity index (χ3n) is 5.48. The molecule has 0 fully saturated rings. The number of thiophene rings is 1. The van der Waals surface area contributed by atoms with Gasteiger partial charge < -0.3 is 10.2 Å². The van der Waals surface area contributed by atoms with Crippen molar-refractivity contribution < 1.29 is 14.0 Å². The quantitative estimate of drug-likeness (QED) is 0.396. The number of nitrogens with one attached hydrogen (secondary N) is 1. The minimum Gasteiger partial charge on any atom is -0.308 e. The van der Waals surface area contributed by atoms with E-state index in [0.29, 0.717) is 23.7 Å². The molecule has 0 unspecified atom stereocenters. The normalized spacial score (nSPS) is 12.9. The van der Waals surface area contributed by atoms with Crippen molar-refractivity contribution in [3.8, 4) is 11.3 Å². The number of carbonyl (C=O) groups is 2. The average Bonchev–Trinajstić information content (AvgIpc) is 3.50. The van der Waals surface area contributed by atoms with Gasteiger partial charge in [0.2, 0.25) is 5.91 Å². The molecule has 166 valence electrons. The van der Waals surface area contributed by atoms with Crippen LogP contribution in [0.15, 0.2) is 65.4 Å². The summed E-state index contributed by atoms with van der Waals surface area (Å²) in [6.45, 7) is 0.596. The molecular weight excluding hydrogens is 457 g/mol. The number of aryl methyl sites for hydroxylation is 1. The maximum Gasteiger partial charge on any atom is 0.258 e. The van der Waals surface area contributed by atoms with Gasteiger partial charge >= 0.3 is 0 Å². The van der Waals surface area contributed by atoms with E-state index in [9.17, 15) is 14.0 Å². The molecule has 4 aromatic rings. The largest absolute Gasteiger partial charge is 0.308 e. The Morgan fingerprint density at radius 3 is 2.82 bits per heavy atom. The predicted molar refractivity (Wildman–Crippen MR) is 131 cm³/mol. The molecule has 1 aliphatic heterocycles. The van der Waals surface area contributed by atoms with Crippen LogP contribution in [0.3, 0.4) is 0 Å². The Morgan fingerprint density at radius 2 is 2.00 bits per heavy atom. The van der Waals surface area contributed by atoms with Crippen LogP contribution in [0, 0.1) is 5.82 Å². The first-order valence-corrected chi connectivity index (χ1v) is 12.3. The predicted octanol–water partition coefficient (Wildman–Crippen LogP) is 5.78. The number of hydrogen-bond donors (Lipinski definition) is 1. The van der Waals surface area contributed by atoms with Crippen LogP contribution in [-0.2, 0) is 17.6 Å². The van der Waals surface area contributed by atoms with Crippen LogP contribution in [0.2, 0.25) is 0 Å². The van der Waals surface area contributed by atoms with E-state index >= 15 is 0 Å². The molecule has 1 aliphatic rings. The minimum atomic E-state index is -0.421. The molecule has 0 radical (unpaired) electrons. The number of hydrogen-bond acceptors (Lipinski definition) is 5. The summed E-state index contributed by atoms with van der Waals surface area (Å²) in [5.41, 5.74) is 3.96. The lowest BCUT2D eigenvalue weighted by atomic mass is 9.97. The molecule has 5 rings (SSSR count). The number of fused-ring (bicyclic) bond motifs is 1. The number of nitrogens with zero attached hydrogens (tertiary/aromatic N) is 2. The summed E-state index contributed by atoms with van der Waals surface area (Å²) in [5.74, 6) is -0.710. The molecule has 8 heteroatoms. The maximum absolute atomic E-state index is 13.6. The summed E-state index contributed by atoms with van der Waals surface area (Å²) in [6.07, 6.45) is 2.02. The van der Waals surface area contributed by atoms with E-state index in [4.69, 9.17) is 0 Å². The summed E-state index contributed by atoms with van der Waals surface area (Å²) >= 11 is 2.94. The molecule has 5 nitrogen and oxygen atoms in total. The van der Waals surface area contributed by atoms with E-state index in [1.54, 1.807) is 28.4 Å². The van der Waals surface area contributed by atoms with Gasteiger partial charge in [0.05, 0.1) is 12.1 Å². The monoisotopic (exact) mass is 477 g/mol. The second kappa shape index (κ2) is 9.25. The Bertz CT molecular complexity index is 1320. The van der Waals surface area contributed by atoms with Gasteiger partial charge in [0.25, 0.3) is 5.91 Å². The first-order chi connectivity index (χ1) is 16.1. The van der Waals surface area contributed by atoms with Crippen LogP contribution in [0.4, 0.5) is 15.2 Å². The molecule has 0 atom stereocenters. The highest BCUT2D eigenvalue weighted by atomic mass is 32.1. The summed E-state index contributed by atoms with van der Waals surface area (Å²) < 4.78 is 13.6. The number of benzene rings is 2. The van der Waals surface area contributed by atoms with Gasteiger partial charge in [-0.25, -0.2) is 9.37 Å². The molecule has 2 aromatic heterocycles. The van der Waals surface area contributed by atoms with Crippen molar-refractivity contribution in [2.45, 2.75) is 19.3 Å². The number of rotatable bonds is 5. The number of halogens is 1. The zero-order chi connectivity index (χ0) is 22.8. The smallest absolute Gasteiger partial charge is 0.258 e. The Morgan fingerprint density at radius 1 is 1.09 bits per heavy atom. The number of aromatic nitrogens is 1. The standard InChI is InChI=1S/C25H20FN3O2S2/c26-19-6-1-4-18(13-19)24(31)29-10-2-5-17-12-16(8-9-22(17)29)21-15-33-25(27-21)28-23(30)14-20-7-3-11-32-20/h1,3-4,6-9,11-13,15H,2,5,10,14H2,(H,27,28,30). The Balaban J connectivity index is 1.33. The van der Waals surface area contributed by atoms with Gasteiger partial charge in [-0.15, -0.1) is 22.7 Å². The van der Waals surface area contributed by atoms with Crippen LogP contribution in [0.1, 0.15) is 27.2 Å². The Kier molecular flexibility index (Phi) is 6.02. The van der Waals surface area contributed by atoms with Crippen LogP contribution < -0.4 is 10.2 Å². The van der Waals surface area contributed by atoms with Crippen LogP contribution in [-0.4, -0.2) is 23.3 Å². The fourth-order valence-electron chi connectivity index (χ4n) is 3.94. The summed E-state index contributed by atoms with van der Waals surface area (Å²) in [7, 11) is 0. The molecule has 2 amide bonds. The van der Waals surface area contributed by atoms with Crippen molar-refractivity contribution in [1.82, 2.24) is 4.98 Å². The molecule has 33 heavy (non-hydrogen) atoms. The van der Waals surface area contributed by atoms with Gasteiger partial charge in [-0.1, -0.05) is 18.2 Å². The summed E-state index contributed by atoms with van der Waals surface area (Å²) in [5, 5.41) is 7.30. The number of anilines is 2. The van der Waals surface area contributed by atoms with Crippen molar-refractivity contribution in [3.63, 3.8) is 0 Å². The highest BCUT2D eigenvalue weighted by Crippen LogP contribution is 2.33. The Hall–Kier alpha value is -3.36. The van der Waals surface area contributed by atoms with Gasteiger partial charge in [-0.2, -0.15) is 0 Å². The van der Waals surface area contributed by atoms with Crippen molar-refractivity contribution in [3.05, 3.63) is 87.2 Å². The zero-order valence-corrected chi connectivity index (χ0v) is 19.2. The van der Waals surface area contributed by atoms with Crippen molar-refractivity contribution in [1.29, 1.82) is 0 Å². The fourth-order valence-corrected chi connectivity index (χ4v) is 5.38. The molecule has 0 spiro atoms. The molecule has 0 saturated heterocycles. The molecule has 1 N–H and O–H groups in total. The zero-order valence-electron chi connectivity index (χ0n) is 17.6. The first-order valence-electron chi connectivity index (χ1n) is 10.6. The lowest BCUT2D eigenvalue weighted by molar-refractivity contribution is -0.115. The van der Waals surface area contributed by atoms with E-state index in [0.717, 1.165) is 40.2 Å².